The minimum Gasteiger partial charge on any atom is -0.480 e. The number of rotatable bonds is 7. The van der Waals surface area contributed by atoms with Crippen LogP contribution in [0.15, 0.2) is 53.4 Å². The standard InChI is InChI=1S/C18H13Cl4N5O3S/c19-12-8-11(31-23-9-14(28)29)6-7-13(12)24-16(30)15-25-17(18(20,21)22)27(26-15)10-4-2-1-3-5-10/h1-8,23H,9H2,(H,24,30)(H,28,29). The van der Waals surface area contributed by atoms with Gasteiger partial charge in [-0.25, -0.2) is 14.4 Å². The van der Waals surface area contributed by atoms with Crippen molar-refractivity contribution >= 4 is 75.9 Å². The Hall–Kier alpha value is -2.01. The van der Waals surface area contributed by atoms with Crippen molar-refractivity contribution in [2.75, 3.05) is 11.9 Å². The minimum absolute atomic E-state index is 0.0452. The van der Waals surface area contributed by atoms with E-state index in [1.165, 1.54) is 4.68 Å². The number of hydrogen-bond acceptors (Lipinski definition) is 6. The van der Waals surface area contributed by atoms with Crippen LogP contribution < -0.4 is 10.0 Å². The highest BCUT2D eigenvalue weighted by Crippen LogP contribution is 2.38. The lowest BCUT2D eigenvalue weighted by molar-refractivity contribution is -0.135. The van der Waals surface area contributed by atoms with Crippen LogP contribution in [0.4, 0.5) is 5.69 Å². The molecule has 0 atom stereocenters. The van der Waals surface area contributed by atoms with Gasteiger partial charge in [0, 0.05) is 4.90 Å². The second kappa shape index (κ2) is 10.1. The molecule has 0 bridgehead atoms. The van der Waals surface area contributed by atoms with E-state index in [1.54, 1.807) is 42.5 Å². The lowest BCUT2D eigenvalue weighted by atomic mass is 10.3. The van der Waals surface area contributed by atoms with E-state index in [0.29, 0.717) is 16.3 Å². The number of carbonyl (C=O) groups excluding carboxylic acids is 1. The normalized spacial score (nSPS) is 11.4. The fraction of sp³-hybridized carbons (Fsp3) is 0.111. The van der Waals surface area contributed by atoms with Crippen molar-refractivity contribution in [3.05, 3.63) is 65.2 Å². The average Bonchev–Trinajstić information content (AvgIpc) is 3.17. The molecule has 0 aliphatic carbocycles. The zero-order valence-corrected chi connectivity index (χ0v) is 19.2. The summed E-state index contributed by atoms with van der Waals surface area (Å²) >= 11 is 25.3. The molecule has 0 aliphatic heterocycles. The Morgan fingerprint density at radius 2 is 1.84 bits per heavy atom. The number of amides is 1. The summed E-state index contributed by atoms with van der Waals surface area (Å²) in [5.74, 6) is -1.91. The molecule has 0 unspecified atom stereocenters. The maximum absolute atomic E-state index is 12.7. The second-order valence-electron chi connectivity index (χ2n) is 5.92. The number of benzene rings is 2. The van der Waals surface area contributed by atoms with Gasteiger partial charge in [-0.2, -0.15) is 0 Å². The first-order valence-electron chi connectivity index (χ1n) is 8.47. The minimum atomic E-state index is -1.92. The molecule has 2 aromatic carbocycles. The molecule has 3 N–H and O–H groups in total. The molecule has 3 aromatic rings. The Morgan fingerprint density at radius 3 is 2.45 bits per heavy atom. The lowest BCUT2D eigenvalue weighted by Gasteiger charge is -2.11. The highest BCUT2D eigenvalue weighted by atomic mass is 35.6. The van der Waals surface area contributed by atoms with E-state index in [-0.39, 0.29) is 23.2 Å². The summed E-state index contributed by atoms with van der Waals surface area (Å²) in [6, 6.07) is 13.6. The third kappa shape index (κ3) is 6.25. The summed E-state index contributed by atoms with van der Waals surface area (Å²) in [4.78, 5) is 28.0. The van der Waals surface area contributed by atoms with Gasteiger partial charge in [-0.15, -0.1) is 5.10 Å². The Kier molecular flexibility index (Phi) is 7.68. The van der Waals surface area contributed by atoms with Gasteiger partial charge in [0.15, 0.2) is 5.82 Å². The Morgan fingerprint density at radius 1 is 1.13 bits per heavy atom. The number of nitrogens with one attached hydrogen (secondary N) is 2. The highest BCUT2D eigenvalue weighted by Gasteiger charge is 2.33. The van der Waals surface area contributed by atoms with Crippen LogP contribution in [0.5, 0.6) is 0 Å². The number of aliphatic carboxylic acids is 1. The van der Waals surface area contributed by atoms with E-state index < -0.39 is 15.7 Å². The number of carboxylic acid groups (broad SMARTS) is 1. The number of anilines is 1. The molecule has 0 saturated heterocycles. The molecule has 3 rings (SSSR count). The number of nitrogens with zero attached hydrogens (tertiary/aromatic N) is 3. The van der Waals surface area contributed by atoms with Crippen molar-refractivity contribution in [2.45, 2.75) is 8.69 Å². The van der Waals surface area contributed by atoms with Crippen molar-refractivity contribution in [2.24, 2.45) is 0 Å². The Labute approximate surface area is 201 Å². The third-order valence-electron chi connectivity index (χ3n) is 3.67. The molecule has 31 heavy (non-hydrogen) atoms. The van der Waals surface area contributed by atoms with E-state index in [0.717, 1.165) is 11.9 Å². The number of halogens is 4. The quantitative estimate of drug-likeness (QED) is 0.306. The number of aromatic nitrogens is 3. The first kappa shape index (κ1) is 23.6. The fourth-order valence-corrected chi connectivity index (χ4v) is 3.70. The lowest BCUT2D eigenvalue weighted by Crippen LogP contribution is -2.16. The van der Waals surface area contributed by atoms with E-state index in [2.05, 4.69) is 20.1 Å². The topological polar surface area (TPSA) is 109 Å². The van der Waals surface area contributed by atoms with Crippen LogP contribution in [0.25, 0.3) is 5.69 Å². The first-order valence-corrected chi connectivity index (χ1v) is 10.8. The predicted molar refractivity (Wildman–Crippen MR) is 121 cm³/mol. The van der Waals surface area contributed by atoms with Crippen molar-refractivity contribution in [1.29, 1.82) is 0 Å². The maximum Gasteiger partial charge on any atom is 0.318 e. The summed E-state index contributed by atoms with van der Waals surface area (Å²) in [6.07, 6.45) is 0. The molecule has 1 heterocycles. The van der Waals surface area contributed by atoms with Gasteiger partial charge in [0.25, 0.3) is 5.91 Å². The molecule has 13 heteroatoms. The molecule has 1 aromatic heterocycles. The van der Waals surface area contributed by atoms with E-state index >= 15 is 0 Å². The van der Waals surface area contributed by atoms with Gasteiger partial charge in [-0.05, 0) is 42.3 Å². The number of carboxylic acids is 1. The van der Waals surface area contributed by atoms with Crippen molar-refractivity contribution in [3.63, 3.8) is 0 Å². The maximum atomic E-state index is 12.7. The zero-order valence-electron chi connectivity index (χ0n) is 15.4. The molecule has 0 fully saturated rings. The number of hydrogen-bond donors (Lipinski definition) is 3. The van der Waals surface area contributed by atoms with Crippen LogP contribution in [-0.2, 0) is 8.59 Å². The van der Waals surface area contributed by atoms with Crippen LogP contribution in [0.1, 0.15) is 16.4 Å². The van der Waals surface area contributed by atoms with E-state index in [9.17, 15) is 9.59 Å². The van der Waals surface area contributed by atoms with Gasteiger partial charge in [0.1, 0.15) is 6.54 Å². The number of para-hydroxylation sites is 1. The molecule has 0 spiro atoms. The molecule has 0 radical (unpaired) electrons. The molecule has 0 aliphatic rings. The van der Waals surface area contributed by atoms with Crippen molar-refractivity contribution < 1.29 is 14.7 Å². The SMILES string of the molecule is O=C(O)CNSc1ccc(NC(=O)c2nc(C(Cl)(Cl)Cl)n(-c3ccccc3)n2)c(Cl)c1. The van der Waals surface area contributed by atoms with Crippen molar-refractivity contribution in [3.8, 4) is 5.69 Å². The van der Waals surface area contributed by atoms with Crippen LogP contribution >= 0.6 is 58.4 Å². The first-order chi connectivity index (χ1) is 14.6. The second-order valence-corrected chi connectivity index (χ2v) is 9.57. The summed E-state index contributed by atoms with van der Waals surface area (Å²) in [5.41, 5.74) is 0.865. The molecule has 1 amide bonds. The van der Waals surface area contributed by atoms with Gasteiger partial charge >= 0.3 is 5.97 Å². The van der Waals surface area contributed by atoms with Gasteiger partial charge in [0.05, 0.1) is 16.4 Å². The van der Waals surface area contributed by atoms with Gasteiger partial charge < -0.3 is 10.4 Å². The van der Waals surface area contributed by atoms with Crippen LogP contribution in [0.2, 0.25) is 5.02 Å². The fourth-order valence-electron chi connectivity index (χ4n) is 2.36. The van der Waals surface area contributed by atoms with E-state index in [1.807, 2.05) is 6.07 Å². The number of alkyl halides is 3. The largest absolute Gasteiger partial charge is 0.480 e. The molecule has 8 nitrogen and oxygen atoms in total. The van der Waals surface area contributed by atoms with Gasteiger partial charge in [-0.3, -0.25) is 9.59 Å². The smallest absolute Gasteiger partial charge is 0.318 e. The van der Waals surface area contributed by atoms with Crippen molar-refractivity contribution in [1.82, 2.24) is 19.5 Å². The van der Waals surface area contributed by atoms with Crippen LogP contribution in [0, 0.1) is 0 Å². The molecular weight excluding hydrogens is 508 g/mol. The molecule has 162 valence electrons. The van der Waals surface area contributed by atoms with Gasteiger partial charge in [-0.1, -0.05) is 64.6 Å². The monoisotopic (exact) mass is 519 g/mol. The summed E-state index contributed by atoms with van der Waals surface area (Å²) < 4.78 is 2.02. The summed E-state index contributed by atoms with van der Waals surface area (Å²) in [6.45, 7) is -0.220. The molecule has 0 saturated carbocycles. The number of carbonyl (C=O) groups is 2. The predicted octanol–water partition coefficient (Wildman–Crippen LogP) is 4.68. The van der Waals surface area contributed by atoms with E-state index in [4.69, 9.17) is 51.5 Å². The van der Waals surface area contributed by atoms with Crippen LogP contribution in [-0.4, -0.2) is 38.3 Å². The van der Waals surface area contributed by atoms with Crippen LogP contribution in [0.3, 0.4) is 0 Å². The third-order valence-corrected chi connectivity index (χ3v) is 5.26. The Balaban J connectivity index is 1.81. The zero-order chi connectivity index (χ0) is 22.6. The summed E-state index contributed by atoms with van der Waals surface area (Å²) in [5, 5.41) is 15.7. The van der Waals surface area contributed by atoms with Gasteiger partial charge in [0.2, 0.25) is 9.62 Å². The summed E-state index contributed by atoms with van der Waals surface area (Å²) in [7, 11) is 0. The highest BCUT2D eigenvalue weighted by molar-refractivity contribution is 7.97. The average molecular weight is 521 g/mol. The molecular formula is C18H13Cl4N5O3S. The Bertz CT molecular complexity index is 1110.